The van der Waals surface area contributed by atoms with Crippen LogP contribution in [-0.4, -0.2) is 16.9 Å². The molecule has 0 aliphatic rings. The van der Waals surface area contributed by atoms with Crippen molar-refractivity contribution < 1.29 is 14.7 Å². The molecule has 0 saturated heterocycles. The Morgan fingerprint density at radius 2 is 1.52 bits per heavy atom. The average molecular weight is 344 g/mol. The van der Waals surface area contributed by atoms with E-state index in [-0.39, 0.29) is 12.2 Å². The molecule has 0 rings (SSSR count). The second kappa shape index (κ2) is 18.2. The van der Waals surface area contributed by atoms with E-state index in [0.717, 1.165) is 44.9 Å². The van der Waals surface area contributed by atoms with E-state index in [2.05, 4.69) is 24.3 Å². The van der Waals surface area contributed by atoms with E-state index in [1.54, 1.807) is 12.2 Å². The predicted octanol–water partition coefficient (Wildman–Crippen LogP) is 5.95. The van der Waals surface area contributed by atoms with Gasteiger partial charge in [-0.2, -0.15) is 0 Å². The largest absolute Gasteiger partial charge is 0.481 e. The highest BCUT2D eigenvalue weighted by Crippen LogP contribution is 2.04. The summed E-state index contributed by atoms with van der Waals surface area (Å²) in [5, 5.41) is 8.52. The van der Waals surface area contributed by atoms with Gasteiger partial charge in [-0.05, 0) is 44.6 Å². The maximum absolute atomic E-state index is 11.4. The van der Waals surface area contributed by atoms with Crippen molar-refractivity contribution in [3.8, 4) is 0 Å². The van der Waals surface area contributed by atoms with Crippen LogP contribution in [0.15, 0.2) is 60.8 Å². The number of aliphatic carboxylic acids is 1. The molecule has 0 radical (unpaired) electrons. The molecule has 0 aromatic heterocycles. The van der Waals surface area contributed by atoms with E-state index in [0.29, 0.717) is 6.42 Å². The zero-order valence-corrected chi connectivity index (χ0v) is 15.4. The Hall–Kier alpha value is -2.16. The van der Waals surface area contributed by atoms with Crippen molar-refractivity contribution in [2.75, 3.05) is 0 Å². The number of unbranched alkanes of at least 4 members (excludes halogenated alkanes) is 3. The van der Waals surface area contributed by atoms with Gasteiger partial charge in [0.2, 0.25) is 0 Å². The highest BCUT2D eigenvalue weighted by atomic mass is 16.4. The first kappa shape index (κ1) is 22.8. The number of carbonyl (C=O) groups is 2. The Morgan fingerprint density at radius 1 is 0.800 bits per heavy atom. The van der Waals surface area contributed by atoms with Gasteiger partial charge in [-0.15, -0.1) is 0 Å². The van der Waals surface area contributed by atoms with Gasteiger partial charge in [0.25, 0.3) is 0 Å². The maximum Gasteiger partial charge on any atom is 0.303 e. The van der Waals surface area contributed by atoms with Crippen molar-refractivity contribution in [2.24, 2.45) is 0 Å². The van der Waals surface area contributed by atoms with Gasteiger partial charge >= 0.3 is 5.97 Å². The van der Waals surface area contributed by atoms with Crippen molar-refractivity contribution in [1.29, 1.82) is 0 Å². The SMILES string of the molecule is CC/C=C\CC(=O)/C=C\C=C\C/C=C\C/C=C\CCCCCC(=O)O. The number of ketones is 1. The summed E-state index contributed by atoms with van der Waals surface area (Å²) in [6.07, 6.45) is 27.1. The molecule has 0 spiro atoms. The molecule has 25 heavy (non-hydrogen) atoms. The normalized spacial score (nSPS) is 12.5. The Balaban J connectivity index is 3.58. The summed E-state index contributed by atoms with van der Waals surface area (Å²) in [7, 11) is 0. The molecule has 0 heterocycles. The number of carboxylic acids is 1. The second-order valence-electron chi connectivity index (χ2n) is 5.74. The van der Waals surface area contributed by atoms with Crippen LogP contribution in [-0.2, 0) is 9.59 Å². The molecule has 0 bridgehead atoms. The number of hydrogen-bond acceptors (Lipinski definition) is 2. The summed E-state index contributed by atoms with van der Waals surface area (Å²) in [6.45, 7) is 2.05. The van der Waals surface area contributed by atoms with Gasteiger partial charge in [0.05, 0.1) is 0 Å². The van der Waals surface area contributed by atoms with Gasteiger partial charge in [0.15, 0.2) is 5.78 Å². The topological polar surface area (TPSA) is 54.4 Å². The summed E-state index contributed by atoms with van der Waals surface area (Å²) in [5.41, 5.74) is 0. The monoisotopic (exact) mass is 344 g/mol. The molecule has 1 N–H and O–H groups in total. The van der Waals surface area contributed by atoms with Gasteiger partial charge < -0.3 is 5.11 Å². The summed E-state index contributed by atoms with van der Waals surface area (Å²) in [6, 6.07) is 0. The molecule has 138 valence electrons. The van der Waals surface area contributed by atoms with Crippen molar-refractivity contribution in [3.63, 3.8) is 0 Å². The molecule has 3 nitrogen and oxygen atoms in total. The van der Waals surface area contributed by atoms with Crippen LogP contribution >= 0.6 is 0 Å². The quantitative estimate of drug-likeness (QED) is 0.173. The number of rotatable bonds is 15. The Morgan fingerprint density at radius 3 is 2.24 bits per heavy atom. The van der Waals surface area contributed by atoms with E-state index in [4.69, 9.17) is 5.11 Å². The smallest absolute Gasteiger partial charge is 0.303 e. The van der Waals surface area contributed by atoms with E-state index >= 15 is 0 Å². The highest BCUT2D eigenvalue weighted by Gasteiger charge is 1.94. The zero-order chi connectivity index (χ0) is 18.6. The first-order chi connectivity index (χ1) is 12.2. The fourth-order valence-electron chi connectivity index (χ4n) is 2.03. The number of hydrogen-bond donors (Lipinski definition) is 1. The Labute approximate surface area is 152 Å². The molecule has 0 aromatic rings. The minimum absolute atomic E-state index is 0.123. The molecule has 0 aliphatic carbocycles. The van der Waals surface area contributed by atoms with Crippen molar-refractivity contribution in [3.05, 3.63) is 60.8 Å². The summed E-state index contributed by atoms with van der Waals surface area (Å²) in [5.74, 6) is -0.584. The van der Waals surface area contributed by atoms with Crippen molar-refractivity contribution in [1.82, 2.24) is 0 Å². The lowest BCUT2D eigenvalue weighted by Gasteiger charge is -1.94. The molecule has 3 heteroatoms. The van der Waals surface area contributed by atoms with E-state index in [1.807, 2.05) is 31.2 Å². The summed E-state index contributed by atoms with van der Waals surface area (Å²) < 4.78 is 0. The fraction of sp³-hybridized carbons (Fsp3) is 0.455. The van der Waals surface area contributed by atoms with E-state index < -0.39 is 5.97 Å². The van der Waals surface area contributed by atoms with Crippen LogP contribution in [0.1, 0.15) is 64.7 Å². The van der Waals surface area contributed by atoms with Crippen LogP contribution in [0.25, 0.3) is 0 Å². The first-order valence-corrected chi connectivity index (χ1v) is 9.19. The second-order valence-corrected chi connectivity index (χ2v) is 5.74. The molecule has 0 amide bonds. The molecule has 0 fully saturated rings. The minimum Gasteiger partial charge on any atom is -0.481 e. The van der Waals surface area contributed by atoms with E-state index in [9.17, 15) is 9.59 Å². The standard InChI is InChI=1S/C22H32O3/c1-2-3-15-18-21(23)19-16-13-11-9-7-5-4-6-8-10-12-14-17-20-22(24)25/h3,5-8,11,13,15-16,19H,2,4,9-10,12,14,17-18,20H2,1H3,(H,24,25)/b7-5-,8-6-,13-11+,15-3-,19-16-. The third-order valence-electron chi connectivity index (χ3n) is 3.39. The van der Waals surface area contributed by atoms with Crippen LogP contribution < -0.4 is 0 Å². The van der Waals surface area contributed by atoms with Gasteiger partial charge in [-0.1, -0.05) is 68.0 Å². The molecule has 0 unspecified atom stereocenters. The van der Waals surface area contributed by atoms with Gasteiger partial charge in [0.1, 0.15) is 0 Å². The summed E-state index contributed by atoms with van der Waals surface area (Å²) >= 11 is 0. The highest BCUT2D eigenvalue weighted by molar-refractivity contribution is 5.90. The number of allylic oxidation sites excluding steroid dienone is 10. The third kappa shape index (κ3) is 19.8. The Kier molecular flexibility index (Phi) is 16.6. The average Bonchev–Trinajstić information content (AvgIpc) is 2.58. The molecular formula is C22H32O3. The van der Waals surface area contributed by atoms with E-state index in [1.165, 1.54) is 0 Å². The van der Waals surface area contributed by atoms with Gasteiger partial charge in [0, 0.05) is 12.8 Å². The fourth-order valence-corrected chi connectivity index (χ4v) is 2.03. The van der Waals surface area contributed by atoms with Crippen LogP contribution in [0.5, 0.6) is 0 Å². The van der Waals surface area contributed by atoms with Crippen LogP contribution in [0.4, 0.5) is 0 Å². The van der Waals surface area contributed by atoms with Crippen molar-refractivity contribution in [2.45, 2.75) is 64.7 Å². The summed E-state index contributed by atoms with van der Waals surface area (Å²) in [4.78, 5) is 21.8. The van der Waals surface area contributed by atoms with Crippen molar-refractivity contribution >= 4 is 11.8 Å². The number of carbonyl (C=O) groups excluding carboxylic acids is 1. The van der Waals surface area contributed by atoms with Crippen LogP contribution in [0, 0.1) is 0 Å². The molecule has 0 aliphatic heterocycles. The van der Waals surface area contributed by atoms with Gasteiger partial charge in [-0.3, -0.25) is 9.59 Å². The lowest BCUT2D eigenvalue weighted by molar-refractivity contribution is -0.137. The zero-order valence-electron chi connectivity index (χ0n) is 15.4. The lowest BCUT2D eigenvalue weighted by Crippen LogP contribution is -1.93. The predicted molar refractivity (Wildman–Crippen MR) is 106 cm³/mol. The Bertz CT molecular complexity index is 493. The molecule has 0 aromatic carbocycles. The number of carboxylic acid groups (broad SMARTS) is 1. The first-order valence-electron chi connectivity index (χ1n) is 9.19. The van der Waals surface area contributed by atoms with Gasteiger partial charge in [-0.25, -0.2) is 0 Å². The lowest BCUT2D eigenvalue weighted by atomic mass is 10.1. The van der Waals surface area contributed by atoms with Crippen LogP contribution in [0.3, 0.4) is 0 Å². The molecule has 0 atom stereocenters. The minimum atomic E-state index is -0.707. The third-order valence-corrected chi connectivity index (χ3v) is 3.39. The maximum atomic E-state index is 11.4. The molecular weight excluding hydrogens is 312 g/mol. The molecule has 0 saturated carbocycles. The van der Waals surface area contributed by atoms with Crippen LogP contribution in [0.2, 0.25) is 0 Å².